The third kappa shape index (κ3) is 2.21. The summed E-state index contributed by atoms with van der Waals surface area (Å²) in [6.45, 7) is 5.36. The van der Waals surface area contributed by atoms with E-state index in [0.717, 1.165) is 11.1 Å². The van der Waals surface area contributed by atoms with Crippen LogP contribution in [0.5, 0.6) is 5.75 Å². The zero-order valence-electron chi connectivity index (χ0n) is 8.97. The number of benzene rings is 1. The summed E-state index contributed by atoms with van der Waals surface area (Å²) in [5.41, 5.74) is 7.65. The summed E-state index contributed by atoms with van der Waals surface area (Å²) < 4.78 is 0.562. The van der Waals surface area contributed by atoms with Gasteiger partial charge < -0.3 is 10.8 Å². The summed E-state index contributed by atoms with van der Waals surface area (Å²) in [6.07, 6.45) is 0. The van der Waals surface area contributed by atoms with E-state index >= 15 is 0 Å². The first kappa shape index (κ1) is 12.2. The highest BCUT2D eigenvalue weighted by atomic mass is 79.9. The van der Waals surface area contributed by atoms with Crippen molar-refractivity contribution in [1.82, 2.24) is 0 Å². The molecule has 3 nitrogen and oxygen atoms in total. The number of hydrogen-bond acceptors (Lipinski definition) is 3. The monoisotopic (exact) mass is 271 g/mol. The number of aryl methyl sites for hydroxylation is 1. The molecule has 0 radical (unpaired) electrons. The van der Waals surface area contributed by atoms with Crippen molar-refractivity contribution in [3.05, 3.63) is 27.2 Å². The lowest BCUT2D eigenvalue weighted by Gasteiger charge is -2.12. The van der Waals surface area contributed by atoms with E-state index in [0.29, 0.717) is 4.47 Å². The number of ketones is 1. The molecule has 1 aromatic rings. The predicted molar refractivity (Wildman–Crippen MR) is 63.3 cm³/mol. The summed E-state index contributed by atoms with van der Waals surface area (Å²) in [6, 6.07) is 1.06. The molecule has 3 N–H and O–H groups in total. The highest BCUT2D eigenvalue weighted by Crippen LogP contribution is 2.33. The Hall–Kier alpha value is -0.870. The van der Waals surface area contributed by atoms with Crippen molar-refractivity contribution in [2.24, 2.45) is 5.73 Å². The molecular weight excluding hydrogens is 258 g/mol. The van der Waals surface area contributed by atoms with Crippen molar-refractivity contribution in [3.8, 4) is 5.75 Å². The van der Waals surface area contributed by atoms with E-state index in [1.54, 1.807) is 13.0 Å². The van der Waals surface area contributed by atoms with Crippen molar-refractivity contribution < 1.29 is 9.90 Å². The summed E-state index contributed by atoms with van der Waals surface area (Å²) >= 11 is 3.26. The lowest BCUT2D eigenvalue weighted by atomic mass is 9.99. The van der Waals surface area contributed by atoms with E-state index in [1.165, 1.54) is 0 Å². The minimum Gasteiger partial charge on any atom is -0.506 e. The van der Waals surface area contributed by atoms with Gasteiger partial charge in [0, 0.05) is 0 Å². The van der Waals surface area contributed by atoms with E-state index in [9.17, 15) is 9.90 Å². The molecule has 0 bridgehead atoms. The van der Waals surface area contributed by atoms with Crippen LogP contribution in [0.4, 0.5) is 0 Å². The lowest BCUT2D eigenvalue weighted by molar-refractivity contribution is 0.0965. The Labute approximate surface area is 97.4 Å². The van der Waals surface area contributed by atoms with Crippen molar-refractivity contribution in [2.45, 2.75) is 26.8 Å². The highest BCUT2D eigenvalue weighted by Gasteiger charge is 2.19. The molecule has 82 valence electrons. The Morgan fingerprint density at radius 2 is 2.07 bits per heavy atom. The molecule has 0 spiro atoms. The summed E-state index contributed by atoms with van der Waals surface area (Å²) in [4.78, 5) is 11.7. The molecule has 0 aliphatic rings. The first-order chi connectivity index (χ1) is 6.86. The zero-order valence-corrected chi connectivity index (χ0v) is 10.6. The van der Waals surface area contributed by atoms with Crippen LogP contribution in [0, 0.1) is 13.8 Å². The first-order valence-corrected chi connectivity index (χ1v) is 5.44. The van der Waals surface area contributed by atoms with Crippen molar-refractivity contribution >= 4 is 21.7 Å². The second-order valence-corrected chi connectivity index (χ2v) is 4.47. The van der Waals surface area contributed by atoms with Gasteiger partial charge in [-0.2, -0.15) is 0 Å². The number of carbonyl (C=O) groups is 1. The number of phenols is 1. The molecule has 0 saturated heterocycles. The average Bonchev–Trinajstić information content (AvgIpc) is 2.19. The third-order valence-corrected chi connectivity index (χ3v) is 3.39. The summed E-state index contributed by atoms with van der Waals surface area (Å²) in [7, 11) is 0. The standard InChI is InChI=1S/C11H14BrNO2/c1-5-4-8(10(14)7(3)13)11(15)9(12)6(5)2/h4,7,15H,13H2,1-3H3. The second kappa shape index (κ2) is 4.33. The molecule has 0 saturated carbocycles. The van der Waals surface area contributed by atoms with Crippen LogP contribution in [0.1, 0.15) is 28.4 Å². The van der Waals surface area contributed by atoms with Gasteiger partial charge in [-0.25, -0.2) is 0 Å². The van der Waals surface area contributed by atoms with Gasteiger partial charge in [0.2, 0.25) is 0 Å². The number of phenolic OH excluding ortho intramolecular Hbond substituents is 1. The zero-order chi connectivity index (χ0) is 11.7. The Morgan fingerprint density at radius 3 is 2.53 bits per heavy atom. The molecule has 1 rings (SSSR count). The van der Waals surface area contributed by atoms with E-state index in [-0.39, 0.29) is 17.1 Å². The van der Waals surface area contributed by atoms with Gasteiger partial charge in [0.1, 0.15) is 5.75 Å². The van der Waals surface area contributed by atoms with Crippen molar-refractivity contribution in [2.75, 3.05) is 0 Å². The third-order valence-electron chi connectivity index (χ3n) is 2.42. The number of aromatic hydroxyl groups is 1. The molecule has 0 amide bonds. The SMILES string of the molecule is Cc1cc(C(=O)C(C)N)c(O)c(Br)c1C. The molecule has 0 aromatic heterocycles. The number of rotatable bonds is 2. The van der Waals surface area contributed by atoms with Crippen LogP contribution in [0.2, 0.25) is 0 Å². The number of carbonyl (C=O) groups excluding carboxylic acids is 1. The Morgan fingerprint density at radius 1 is 1.53 bits per heavy atom. The van der Waals surface area contributed by atoms with Crippen LogP contribution >= 0.6 is 15.9 Å². The molecule has 4 heteroatoms. The molecule has 0 fully saturated rings. The van der Waals surface area contributed by atoms with E-state index in [1.807, 2.05) is 13.8 Å². The van der Waals surface area contributed by atoms with E-state index in [4.69, 9.17) is 5.73 Å². The van der Waals surface area contributed by atoms with E-state index < -0.39 is 6.04 Å². The number of hydrogen-bond donors (Lipinski definition) is 2. The lowest BCUT2D eigenvalue weighted by Crippen LogP contribution is -2.26. The molecule has 15 heavy (non-hydrogen) atoms. The fourth-order valence-electron chi connectivity index (χ4n) is 1.30. The summed E-state index contributed by atoms with van der Waals surface area (Å²) in [5, 5.41) is 9.80. The Kier molecular flexibility index (Phi) is 3.52. The minimum absolute atomic E-state index is 0.0274. The van der Waals surface area contributed by atoms with Crippen molar-refractivity contribution in [3.63, 3.8) is 0 Å². The van der Waals surface area contributed by atoms with Gasteiger partial charge in [0.15, 0.2) is 5.78 Å². The van der Waals surface area contributed by atoms with Crippen LogP contribution in [0.15, 0.2) is 10.5 Å². The molecule has 1 atom stereocenters. The van der Waals surface area contributed by atoms with Crippen LogP contribution in [-0.2, 0) is 0 Å². The maximum atomic E-state index is 11.7. The molecular formula is C11H14BrNO2. The second-order valence-electron chi connectivity index (χ2n) is 3.68. The Balaban J connectivity index is 3.39. The fourth-order valence-corrected chi connectivity index (χ4v) is 1.82. The smallest absolute Gasteiger partial charge is 0.182 e. The summed E-state index contributed by atoms with van der Waals surface area (Å²) in [5.74, 6) is -0.281. The molecule has 0 aliphatic carbocycles. The van der Waals surface area contributed by atoms with Gasteiger partial charge in [0.25, 0.3) is 0 Å². The van der Waals surface area contributed by atoms with Gasteiger partial charge in [0.05, 0.1) is 16.1 Å². The number of Topliss-reactive ketones (excluding diaryl/α,β-unsaturated/α-hetero) is 1. The van der Waals surface area contributed by atoms with Gasteiger partial charge in [-0.1, -0.05) is 0 Å². The normalized spacial score (nSPS) is 12.6. The Bertz CT molecular complexity index is 414. The maximum absolute atomic E-state index is 11.7. The van der Waals surface area contributed by atoms with E-state index in [2.05, 4.69) is 15.9 Å². The first-order valence-electron chi connectivity index (χ1n) is 4.64. The average molecular weight is 272 g/mol. The maximum Gasteiger partial charge on any atom is 0.182 e. The van der Waals surface area contributed by atoms with Crippen LogP contribution in [-0.4, -0.2) is 16.9 Å². The van der Waals surface area contributed by atoms with Gasteiger partial charge in [-0.3, -0.25) is 4.79 Å². The van der Waals surface area contributed by atoms with Gasteiger partial charge in [-0.05, 0) is 53.9 Å². The van der Waals surface area contributed by atoms with Gasteiger partial charge in [-0.15, -0.1) is 0 Å². The van der Waals surface area contributed by atoms with Crippen LogP contribution < -0.4 is 5.73 Å². The number of nitrogens with two attached hydrogens (primary N) is 1. The highest BCUT2D eigenvalue weighted by molar-refractivity contribution is 9.10. The number of halogens is 1. The molecule has 0 heterocycles. The topological polar surface area (TPSA) is 63.3 Å². The fraction of sp³-hybridized carbons (Fsp3) is 0.364. The van der Waals surface area contributed by atoms with Crippen LogP contribution in [0.3, 0.4) is 0 Å². The predicted octanol–water partition coefficient (Wildman–Crippen LogP) is 2.30. The van der Waals surface area contributed by atoms with Crippen LogP contribution in [0.25, 0.3) is 0 Å². The largest absolute Gasteiger partial charge is 0.506 e. The van der Waals surface area contributed by atoms with Gasteiger partial charge >= 0.3 is 0 Å². The quantitative estimate of drug-likeness (QED) is 0.812. The molecule has 0 aliphatic heterocycles. The minimum atomic E-state index is -0.607. The molecule has 1 aromatic carbocycles. The molecule has 1 unspecified atom stereocenters. The van der Waals surface area contributed by atoms with Crippen molar-refractivity contribution in [1.29, 1.82) is 0 Å².